The molecule has 17 heavy (non-hydrogen) atoms. The van der Waals surface area contributed by atoms with Crippen LogP contribution in [0, 0.1) is 0 Å². The second-order valence-electron chi connectivity index (χ2n) is 4.16. The van der Waals surface area contributed by atoms with Crippen molar-refractivity contribution in [2.75, 3.05) is 7.11 Å². The molecule has 3 nitrogen and oxygen atoms in total. The van der Waals surface area contributed by atoms with Gasteiger partial charge in [0.2, 0.25) is 0 Å². The molecule has 2 heterocycles. The van der Waals surface area contributed by atoms with Crippen LogP contribution >= 0.6 is 0 Å². The van der Waals surface area contributed by atoms with Crippen molar-refractivity contribution >= 4 is 10.9 Å². The van der Waals surface area contributed by atoms with Crippen LogP contribution in [0.3, 0.4) is 0 Å². The summed E-state index contributed by atoms with van der Waals surface area (Å²) in [5.41, 5.74) is 8.63. The monoisotopic (exact) mass is 232 g/mol. The predicted octanol–water partition coefficient (Wildman–Crippen LogP) is 2.56. The van der Waals surface area contributed by atoms with Crippen molar-refractivity contribution in [2.24, 2.45) is 5.73 Å². The molecule has 1 aliphatic rings. The molecule has 0 saturated heterocycles. The highest BCUT2D eigenvalue weighted by atomic mass is 16.5. The number of nitrogens with zero attached hydrogens (tertiary/aromatic N) is 1. The molecule has 2 N–H and O–H groups in total. The number of hydrogen-bond donors (Lipinski definition) is 1. The molecule has 0 fully saturated rings. The van der Waals surface area contributed by atoms with Gasteiger partial charge < -0.3 is 15.0 Å². The van der Waals surface area contributed by atoms with Crippen LogP contribution in [0.5, 0.6) is 5.75 Å². The van der Waals surface area contributed by atoms with Gasteiger partial charge in [-0.2, -0.15) is 0 Å². The van der Waals surface area contributed by atoms with Crippen LogP contribution in [0.1, 0.15) is 19.4 Å². The topological polar surface area (TPSA) is 40.2 Å². The maximum atomic E-state index is 6.01. The van der Waals surface area contributed by atoms with Crippen molar-refractivity contribution in [1.82, 2.24) is 4.57 Å². The number of methoxy groups -OCH3 is 1. The first kappa shape index (κ1) is 12.0. The zero-order valence-corrected chi connectivity index (χ0v) is 10.7. The summed E-state index contributed by atoms with van der Waals surface area (Å²) < 4.78 is 7.52. The predicted molar refractivity (Wildman–Crippen MR) is 71.5 cm³/mol. The minimum atomic E-state index is 0.222. The van der Waals surface area contributed by atoms with E-state index in [2.05, 4.69) is 29.0 Å². The average Bonchev–Trinajstić information content (AvgIpc) is 2.75. The average molecular weight is 232 g/mol. The molecule has 2 aromatic rings. The zero-order chi connectivity index (χ0) is 12.4. The molecule has 1 aromatic heterocycles. The minimum Gasteiger partial charge on any atom is -0.497 e. The second kappa shape index (κ2) is 4.80. The van der Waals surface area contributed by atoms with Crippen LogP contribution < -0.4 is 10.5 Å². The van der Waals surface area contributed by atoms with Crippen molar-refractivity contribution < 1.29 is 4.74 Å². The van der Waals surface area contributed by atoms with Crippen LogP contribution in [0.25, 0.3) is 10.9 Å². The van der Waals surface area contributed by atoms with Crippen molar-refractivity contribution in [1.29, 1.82) is 0 Å². The van der Waals surface area contributed by atoms with Crippen molar-refractivity contribution in [2.45, 2.75) is 32.9 Å². The van der Waals surface area contributed by atoms with Gasteiger partial charge in [0, 0.05) is 24.2 Å². The number of hydrogen-bond acceptors (Lipinski definition) is 2. The first-order valence-corrected chi connectivity index (χ1v) is 6.19. The van der Waals surface area contributed by atoms with Crippen LogP contribution in [0.2, 0.25) is 0 Å². The lowest BCUT2D eigenvalue weighted by molar-refractivity contribution is 0.414. The fourth-order valence-corrected chi connectivity index (χ4v) is 2.44. The largest absolute Gasteiger partial charge is 0.497 e. The highest BCUT2D eigenvalue weighted by Crippen LogP contribution is 2.30. The van der Waals surface area contributed by atoms with E-state index in [1.807, 2.05) is 13.8 Å². The van der Waals surface area contributed by atoms with E-state index in [-0.39, 0.29) is 6.04 Å². The zero-order valence-electron chi connectivity index (χ0n) is 10.7. The van der Waals surface area contributed by atoms with Crippen molar-refractivity contribution in [3.8, 4) is 5.75 Å². The van der Waals surface area contributed by atoms with E-state index >= 15 is 0 Å². The number of benzene rings is 1. The molecular formula is C14H20N2O. The van der Waals surface area contributed by atoms with Gasteiger partial charge in [-0.05, 0) is 30.2 Å². The van der Waals surface area contributed by atoms with E-state index in [1.54, 1.807) is 7.11 Å². The van der Waals surface area contributed by atoms with E-state index in [1.165, 1.54) is 16.5 Å². The number of rotatable bonds is 1. The Morgan fingerprint density at radius 1 is 1.35 bits per heavy atom. The maximum absolute atomic E-state index is 6.01. The molecule has 0 amide bonds. The van der Waals surface area contributed by atoms with Gasteiger partial charge in [-0.15, -0.1) is 0 Å². The standard InChI is InChI=1S/C12H14N2O.C2H6/c1-15-11-5-8-2-3-14-7-10(13)4-9(6-11)12(8)14;1-2/h2-3,5-6,10H,4,7,13H2,1H3;1-2H3. The van der Waals surface area contributed by atoms with E-state index < -0.39 is 0 Å². The van der Waals surface area contributed by atoms with Gasteiger partial charge in [0.15, 0.2) is 0 Å². The lowest BCUT2D eigenvalue weighted by atomic mass is 10.0. The molecule has 0 bridgehead atoms. The van der Waals surface area contributed by atoms with Gasteiger partial charge in [-0.3, -0.25) is 0 Å². The summed E-state index contributed by atoms with van der Waals surface area (Å²) >= 11 is 0. The van der Waals surface area contributed by atoms with Gasteiger partial charge in [-0.25, -0.2) is 0 Å². The van der Waals surface area contributed by atoms with Crippen molar-refractivity contribution in [3.63, 3.8) is 0 Å². The van der Waals surface area contributed by atoms with Gasteiger partial charge in [0.25, 0.3) is 0 Å². The molecule has 0 aliphatic carbocycles. The number of ether oxygens (including phenoxy) is 1. The summed E-state index contributed by atoms with van der Waals surface area (Å²) in [6, 6.07) is 6.52. The van der Waals surface area contributed by atoms with E-state index in [0.717, 1.165) is 18.7 Å². The second-order valence-corrected chi connectivity index (χ2v) is 4.16. The van der Waals surface area contributed by atoms with Gasteiger partial charge in [0.05, 0.1) is 12.6 Å². The third kappa shape index (κ3) is 2.03. The molecular weight excluding hydrogens is 212 g/mol. The van der Waals surface area contributed by atoms with Gasteiger partial charge in [-0.1, -0.05) is 13.8 Å². The van der Waals surface area contributed by atoms with E-state index in [4.69, 9.17) is 10.5 Å². The van der Waals surface area contributed by atoms with Crippen LogP contribution in [-0.2, 0) is 13.0 Å². The Kier molecular flexibility index (Phi) is 3.38. The molecule has 1 atom stereocenters. The van der Waals surface area contributed by atoms with Crippen LogP contribution in [0.15, 0.2) is 24.4 Å². The van der Waals surface area contributed by atoms with Crippen LogP contribution in [-0.4, -0.2) is 17.7 Å². The molecule has 92 valence electrons. The Morgan fingerprint density at radius 2 is 2.12 bits per heavy atom. The number of nitrogens with two attached hydrogens (primary N) is 1. The lowest BCUT2D eigenvalue weighted by Crippen LogP contribution is -2.31. The highest BCUT2D eigenvalue weighted by molar-refractivity contribution is 5.85. The molecule has 0 radical (unpaired) electrons. The molecule has 3 rings (SSSR count). The Bertz CT molecular complexity index is 516. The summed E-state index contributed by atoms with van der Waals surface area (Å²) in [4.78, 5) is 0. The van der Waals surface area contributed by atoms with Gasteiger partial charge in [0.1, 0.15) is 5.75 Å². The van der Waals surface area contributed by atoms with E-state index in [9.17, 15) is 0 Å². The third-order valence-electron chi connectivity index (χ3n) is 3.06. The Morgan fingerprint density at radius 3 is 2.82 bits per heavy atom. The first-order chi connectivity index (χ1) is 8.28. The SMILES string of the molecule is CC.COc1cc2c3c(ccn3CC(N)C2)c1. The molecule has 1 aromatic carbocycles. The maximum Gasteiger partial charge on any atom is 0.119 e. The minimum absolute atomic E-state index is 0.222. The van der Waals surface area contributed by atoms with E-state index in [0.29, 0.717) is 0 Å². The van der Waals surface area contributed by atoms with Crippen LogP contribution in [0.4, 0.5) is 0 Å². The Labute approximate surface area is 102 Å². The summed E-state index contributed by atoms with van der Waals surface area (Å²) in [6.07, 6.45) is 3.05. The first-order valence-electron chi connectivity index (χ1n) is 6.19. The molecule has 1 aliphatic heterocycles. The molecule has 0 saturated carbocycles. The molecule has 0 spiro atoms. The Balaban J connectivity index is 0.000000514. The van der Waals surface area contributed by atoms with Gasteiger partial charge >= 0.3 is 0 Å². The third-order valence-corrected chi connectivity index (χ3v) is 3.06. The number of aromatic nitrogens is 1. The normalized spacial score (nSPS) is 17.5. The summed E-state index contributed by atoms with van der Waals surface area (Å²) in [6.45, 7) is 4.92. The molecule has 1 unspecified atom stereocenters. The van der Waals surface area contributed by atoms with Crippen molar-refractivity contribution in [3.05, 3.63) is 30.0 Å². The summed E-state index contributed by atoms with van der Waals surface area (Å²) in [7, 11) is 1.70. The fraction of sp³-hybridized carbons (Fsp3) is 0.429. The summed E-state index contributed by atoms with van der Waals surface area (Å²) in [5.74, 6) is 0.921. The molecule has 3 heteroatoms. The highest BCUT2D eigenvalue weighted by Gasteiger charge is 2.18. The smallest absolute Gasteiger partial charge is 0.119 e. The quantitative estimate of drug-likeness (QED) is 0.821. The fourth-order valence-electron chi connectivity index (χ4n) is 2.44. The summed E-state index contributed by atoms with van der Waals surface area (Å²) in [5, 5.41) is 1.25. The Hall–Kier alpha value is -1.48. The lowest BCUT2D eigenvalue weighted by Gasteiger charge is -2.22.